The summed E-state index contributed by atoms with van der Waals surface area (Å²) in [5.41, 5.74) is 0.592. The van der Waals surface area contributed by atoms with Gasteiger partial charge in [-0.3, -0.25) is 4.79 Å². The molecule has 0 aliphatic heterocycles. The molecule has 0 spiro atoms. The first-order chi connectivity index (χ1) is 6.61. The lowest BCUT2D eigenvalue weighted by atomic mass is 9.92. The van der Waals surface area contributed by atoms with E-state index in [0.29, 0.717) is 18.4 Å². The Labute approximate surface area is 84.7 Å². The van der Waals surface area contributed by atoms with Crippen LogP contribution in [0.25, 0.3) is 0 Å². The van der Waals surface area contributed by atoms with Crippen LogP contribution in [0.2, 0.25) is 0 Å². The van der Waals surface area contributed by atoms with E-state index in [1.807, 2.05) is 19.0 Å². The fourth-order valence-corrected chi connectivity index (χ4v) is 1.47. The predicted octanol–water partition coefficient (Wildman–Crippen LogP) is 2.02. The maximum absolute atomic E-state index is 11.4. The lowest BCUT2D eigenvalue weighted by Crippen LogP contribution is -2.11. The van der Waals surface area contributed by atoms with Gasteiger partial charge in [-0.15, -0.1) is 0 Å². The van der Waals surface area contributed by atoms with E-state index in [1.54, 1.807) is 12.3 Å². The number of carbonyl (C=O) groups is 1. The zero-order valence-corrected chi connectivity index (χ0v) is 8.79. The Balaban J connectivity index is 2.75. The van der Waals surface area contributed by atoms with Gasteiger partial charge in [-0.1, -0.05) is 0 Å². The minimum absolute atomic E-state index is 0.0946. The first-order valence-corrected chi connectivity index (χ1v) is 4.91. The smallest absolute Gasteiger partial charge is 0.162 e. The SMILES string of the molecule is CN(C)/C=C/C(O)=C1\CCCCC1=O. The molecule has 1 saturated carbocycles. The summed E-state index contributed by atoms with van der Waals surface area (Å²) >= 11 is 0. The quantitative estimate of drug-likeness (QED) is 0.541. The van der Waals surface area contributed by atoms with Gasteiger partial charge < -0.3 is 10.0 Å². The maximum atomic E-state index is 11.4. The molecule has 14 heavy (non-hydrogen) atoms. The van der Waals surface area contributed by atoms with E-state index in [0.717, 1.165) is 12.8 Å². The Morgan fingerprint density at radius 3 is 2.57 bits per heavy atom. The van der Waals surface area contributed by atoms with Gasteiger partial charge in [0.15, 0.2) is 5.78 Å². The zero-order valence-electron chi connectivity index (χ0n) is 8.79. The predicted molar refractivity (Wildman–Crippen MR) is 56.0 cm³/mol. The van der Waals surface area contributed by atoms with Crippen molar-refractivity contribution < 1.29 is 9.90 Å². The normalized spacial score (nSPS) is 21.4. The fourth-order valence-electron chi connectivity index (χ4n) is 1.47. The Hall–Kier alpha value is -1.25. The third kappa shape index (κ3) is 2.91. The molecule has 0 aromatic carbocycles. The van der Waals surface area contributed by atoms with Gasteiger partial charge in [-0.2, -0.15) is 0 Å². The van der Waals surface area contributed by atoms with E-state index in [2.05, 4.69) is 0 Å². The van der Waals surface area contributed by atoms with Crippen LogP contribution >= 0.6 is 0 Å². The highest BCUT2D eigenvalue weighted by atomic mass is 16.3. The van der Waals surface area contributed by atoms with Crippen molar-refractivity contribution in [3.05, 3.63) is 23.6 Å². The van der Waals surface area contributed by atoms with Crippen LogP contribution in [0.3, 0.4) is 0 Å². The molecule has 0 aromatic heterocycles. The van der Waals surface area contributed by atoms with Gasteiger partial charge >= 0.3 is 0 Å². The summed E-state index contributed by atoms with van der Waals surface area (Å²) in [6, 6.07) is 0. The number of ketones is 1. The van der Waals surface area contributed by atoms with Gasteiger partial charge in [-0.25, -0.2) is 0 Å². The van der Waals surface area contributed by atoms with E-state index in [4.69, 9.17) is 0 Å². The highest BCUT2D eigenvalue weighted by molar-refractivity contribution is 5.96. The van der Waals surface area contributed by atoms with Crippen molar-refractivity contribution in [2.45, 2.75) is 25.7 Å². The molecule has 78 valence electrons. The number of Topliss-reactive ketones (excluding diaryl/α,β-unsaturated/α-hetero) is 1. The molecule has 0 saturated heterocycles. The lowest BCUT2D eigenvalue weighted by Gasteiger charge is -2.13. The number of allylic oxidation sites excluding steroid dienone is 2. The second kappa shape index (κ2) is 4.84. The molecule has 1 rings (SSSR count). The van der Waals surface area contributed by atoms with Crippen LogP contribution < -0.4 is 0 Å². The highest BCUT2D eigenvalue weighted by Gasteiger charge is 2.17. The molecular formula is C11H17NO2. The molecule has 1 N–H and O–H groups in total. The molecule has 1 aliphatic rings. The summed E-state index contributed by atoms with van der Waals surface area (Å²) in [7, 11) is 3.74. The van der Waals surface area contributed by atoms with E-state index in [9.17, 15) is 9.90 Å². The molecule has 0 unspecified atom stereocenters. The maximum Gasteiger partial charge on any atom is 0.162 e. The van der Waals surface area contributed by atoms with Crippen molar-refractivity contribution in [2.75, 3.05) is 14.1 Å². The van der Waals surface area contributed by atoms with Crippen molar-refractivity contribution in [3.63, 3.8) is 0 Å². The topological polar surface area (TPSA) is 40.5 Å². The molecule has 0 radical (unpaired) electrons. The average Bonchev–Trinajstić information content (AvgIpc) is 2.15. The molecule has 1 aliphatic carbocycles. The summed E-state index contributed by atoms with van der Waals surface area (Å²) in [6.45, 7) is 0. The number of carbonyl (C=O) groups excluding carboxylic acids is 1. The molecule has 0 bridgehead atoms. The van der Waals surface area contributed by atoms with Gasteiger partial charge in [0.25, 0.3) is 0 Å². The van der Waals surface area contributed by atoms with Crippen LogP contribution in [0, 0.1) is 0 Å². The Morgan fingerprint density at radius 2 is 2.00 bits per heavy atom. The average molecular weight is 195 g/mol. The lowest BCUT2D eigenvalue weighted by molar-refractivity contribution is -0.116. The van der Waals surface area contributed by atoms with Crippen LogP contribution in [0.4, 0.5) is 0 Å². The van der Waals surface area contributed by atoms with Crippen LogP contribution in [-0.2, 0) is 4.79 Å². The molecule has 0 aromatic rings. The summed E-state index contributed by atoms with van der Waals surface area (Å²) in [5, 5.41) is 9.64. The first kappa shape index (κ1) is 10.8. The van der Waals surface area contributed by atoms with Gasteiger partial charge in [0.2, 0.25) is 0 Å². The van der Waals surface area contributed by atoms with E-state index >= 15 is 0 Å². The summed E-state index contributed by atoms with van der Waals surface area (Å²) < 4.78 is 0. The number of aliphatic hydroxyl groups is 1. The molecule has 1 fully saturated rings. The minimum atomic E-state index is 0.0946. The summed E-state index contributed by atoms with van der Waals surface area (Å²) in [5.74, 6) is 0.223. The van der Waals surface area contributed by atoms with Crippen molar-refractivity contribution in [1.82, 2.24) is 4.90 Å². The molecule has 3 nitrogen and oxygen atoms in total. The van der Waals surface area contributed by atoms with E-state index < -0.39 is 0 Å². The van der Waals surface area contributed by atoms with Gasteiger partial charge in [0.05, 0.1) is 0 Å². The second-order valence-electron chi connectivity index (χ2n) is 3.77. The standard InChI is InChI=1S/C11H17NO2/c1-12(2)8-7-11(14)9-5-3-4-6-10(9)13/h7-8,14H,3-6H2,1-2H3/b8-7+,11-9-. The minimum Gasteiger partial charge on any atom is -0.507 e. The molecule has 0 amide bonds. The zero-order chi connectivity index (χ0) is 10.6. The molecule has 0 heterocycles. The summed E-state index contributed by atoms with van der Waals surface area (Å²) in [6.07, 6.45) is 6.56. The molecule has 3 heteroatoms. The van der Waals surface area contributed by atoms with Crippen LogP contribution in [0.5, 0.6) is 0 Å². The number of hydrogen-bond donors (Lipinski definition) is 1. The number of aliphatic hydroxyl groups excluding tert-OH is 1. The largest absolute Gasteiger partial charge is 0.507 e. The van der Waals surface area contributed by atoms with Crippen LogP contribution in [0.15, 0.2) is 23.6 Å². The van der Waals surface area contributed by atoms with Gasteiger partial charge in [0, 0.05) is 32.3 Å². The Bertz CT molecular complexity index is 277. The fraction of sp³-hybridized carbons (Fsp3) is 0.545. The van der Waals surface area contributed by atoms with Crippen molar-refractivity contribution >= 4 is 5.78 Å². The first-order valence-electron chi connectivity index (χ1n) is 4.91. The van der Waals surface area contributed by atoms with Gasteiger partial charge in [-0.05, 0) is 25.3 Å². The second-order valence-corrected chi connectivity index (χ2v) is 3.77. The van der Waals surface area contributed by atoms with E-state index in [-0.39, 0.29) is 11.5 Å². The number of rotatable bonds is 2. The van der Waals surface area contributed by atoms with Crippen molar-refractivity contribution in [3.8, 4) is 0 Å². The highest BCUT2D eigenvalue weighted by Crippen LogP contribution is 2.22. The monoisotopic (exact) mass is 195 g/mol. The van der Waals surface area contributed by atoms with Crippen LogP contribution in [0.1, 0.15) is 25.7 Å². The van der Waals surface area contributed by atoms with Crippen molar-refractivity contribution in [2.24, 2.45) is 0 Å². The third-order valence-corrected chi connectivity index (χ3v) is 2.26. The Morgan fingerprint density at radius 1 is 1.36 bits per heavy atom. The van der Waals surface area contributed by atoms with E-state index in [1.165, 1.54) is 0 Å². The van der Waals surface area contributed by atoms with Gasteiger partial charge in [0.1, 0.15) is 5.76 Å². The Kier molecular flexibility index (Phi) is 3.74. The van der Waals surface area contributed by atoms with Crippen molar-refractivity contribution in [1.29, 1.82) is 0 Å². The number of hydrogen-bond acceptors (Lipinski definition) is 3. The number of nitrogens with zero attached hydrogens (tertiary/aromatic N) is 1. The molecule has 0 atom stereocenters. The third-order valence-electron chi connectivity index (χ3n) is 2.26. The summed E-state index contributed by atoms with van der Waals surface area (Å²) in [4.78, 5) is 13.2. The van der Waals surface area contributed by atoms with Crippen LogP contribution in [-0.4, -0.2) is 29.9 Å². The molecular weight excluding hydrogens is 178 g/mol.